The summed E-state index contributed by atoms with van der Waals surface area (Å²) in [6, 6.07) is 7.82. The molecule has 2 N–H and O–H groups in total. The van der Waals surface area contributed by atoms with Crippen LogP contribution in [0.25, 0.3) is 5.69 Å². The molecule has 0 aliphatic carbocycles. The van der Waals surface area contributed by atoms with E-state index in [-0.39, 0.29) is 27.8 Å². The van der Waals surface area contributed by atoms with Gasteiger partial charge in [-0.25, -0.2) is 4.79 Å². The third-order valence-corrected chi connectivity index (χ3v) is 4.04. The molecule has 0 spiro atoms. The van der Waals surface area contributed by atoms with E-state index in [9.17, 15) is 22.8 Å². The Balaban J connectivity index is 1.83. The number of nitrogens with zero attached hydrogens (tertiary/aromatic N) is 3. The van der Waals surface area contributed by atoms with Crippen LogP contribution in [0.15, 0.2) is 48.8 Å². The molecular formula is C18H12ClF3N4O4. The molecule has 8 nitrogen and oxygen atoms in total. The number of aromatic nitrogens is 3. The summed E-state index contributed by atoms with van der Waals surface area (Å²) in [5.74, 6) is -2.48. The number of benzene rings is 1. The molecule has 2 heterocycles. The molecule has 0 bridgehead atoms. The molecule has 1 amide bonds. The van der Waals surface area contributed by atoms with E-state index in [1.807, 2.05) is 0 Å². The van der Waals surface area contributed by atoms with Crippen molar-refractivity contribution in [2.75, 3.05) is 11.9 Å². The number of pyridine rings is 1. The Bertz CT molecular complexity index is 1100. The van der Waals surface area contributed by atoms with Crippen molar-refractivity contribution >= 4 is 29.2 Å². The minimum atomic E-state index is -4.75. The van der Waals surface area contributed by atoms with Gasteiger partial charge >= 0.3 is 12.1 Å². The lowest BCUT2D eigenvalue weighted by Crippen LogP contribution is -2.22. The van der Waals surface area contributed by atoms with E-state index in [4.69, 9.17) is 21.4 Å². The van der Waals surface area contributed by atoms with Crippen molar-refractivity contribution in [3.8, 4) is 11.6 Å². The highest BCUT2D eigenvalue weighted by Gasteiger charge is 2.36. The maximum Gasteiger partial charge on any atom is 0.435 e. The van der Waals surface area contributed by atoms with Gasteiger partial charge in [-0.2, -0.15) is 23.0 Å². The molecule has 0 radical (unpaired) electrons. The van der Waals surface area contributed by atoms with Gasteiger partial charge in [0.2, 0.25) is 5.88 Å². The number of anilines is 1. The summed E-state index contributed by atoms with van der Waals surface area (Å²) in [6.07, 6.45) is -2.40. The summed E-state index contributed by atoms with van der Waals surface area (Å²) in [5, 5.41) is 15.0. The van der Waals surface area contributed by atoms with E-state index >= 15 is 0 Å². The van der Waals surface area contributed by atoms with Gasteiger partial charge in [-0.1, -0.05) is 23.7 Å². The molecule has 3 aromatic rings. The molecule has 0 aliphatic heterocycles. The number of halogens is 4. The fourth-order valence-electron chi connectivity index (χ4n) is 2.41. The van der Waals surface area contributed by atoms with Crippen molar-refractivity contribution in [3.05, 3.63) is 65.1 Å². The number of aromatic carboxylic acids is 1. The van der Waals surface area contributed by atoms with Crippen LogP contribution in [-0.4, -0.2) is 38.4 Å². The minimum absolute atomic E-state index is 0.0887. The molecule has 0 atom stereocenters. The van der Waals surface area contributed by atoms with Gasteiger partial charge in [-0.05, 0) is 18.2 Å². The number of carboxylic acid groups (broad SMARTS) is 1. The Kier molecular flexibility index (Phi) is 5.92. The van der Waals surface area contributed by atoms with E-state index < -0.39 is 30.4 Å². The van der Waals surface area contributed by atoms with Gasteiger partial charge in [-0.3, -0.25) is 9.78 Å². The van der Waals surface area contributed by atoms with Crippen LogP contribution in [-0.2, 0) is 11.0 Å². The average molecular weight is 441 g/mol. The van der Waals surface area contributed by atoms with Gasteiger partial charge in [-0.15, -0.1) is 0 Å². The number of carbonyl (C=O) groups is 2. The first-order valence-corrected chi connectivity index (χ1v) is 8.56. The van der Waals surface area contributed by atoms with Crippen molar-refractivity contribution in [3.63, 3.8) is 0 Å². The van der Waals surface area contributed by atoms with Crippen LogP contribution in [0.1, 0.15) is 16.1 Å². The van der Waals surface area contributed by atoms with E-state index in [0.29, 0.717) is 6.07 Å². The zero-order valence-electron chi connectivity index (χ0n) is 14.9. The highest BCUT2D eigenvalue weighted by Crippen LogP contribution is 2.33. The largest absolute Gasteiger partial charge is 0.478 e. The molecule has 0 fully saturated rings. The normalized spacial score (nSPS) is 11.2. The molecule has 0 aliphatic rings. The fourth-order valence-corrected chi connectivity index (χ4v) is 2.62. The highest BCUT2D eigenvalue weighted by molar-refractivity contribution is 6.32. The summed E-state index contributed by atoms with van der Waals surface area (Å²) in [4.78, 5) is 27.0. The van der Waals surface area contributed by atoms with Gasteiger partial charge in [0, 0.05) is 12.3 Å². The predicted octanol–water partition coefficient (Wildman–Crippen LogP) is 3.66. The van der Waals surface area contributed by atoms with Crippen molar-refractivity contribution in [2.24, 2.45) is 0 Å². The maximum absolute atomic E-state index is 13.1. The van der Waals surface area contributed by atoms with Gasteiger partial charge in [0.15, 0.2) is 12.3 Å². The first-order valence-electron chi connectivity index (χ1n) is 8.19. The van der Waals surface area contributed by atoms with Crippen LogP contribution in [0, 0.1) is 0 Å². The molecule has 12 heteroatoms. The lowest BCUT2D eigenvalue weighted by atomic mass is 10.2. The predicted molar refractivity (Wildman–Crippen MR) is 98.9 cm³/mol. The molecular weight excluding hydrogens is 429 g/mol. The Morgan fingerprint density at radius 1 is 1.23 bits per heavy atom. The van der Waals surface area contributed by atoms with E-state index in [1.165, 1.54) is 24.4 Å². The molecule has 0 saturated heterocycles. The first-order chi connectivity index (χ1) is 14.2. The van der Waals surface area contributed by atoms with Crippen LogP contribution in [0.2, 0.25) is 5.02 Å². The number of hydrogen-bond acceptors (Lipinski definition) is 5. The second-order valence-corrected chi connectivity index (χ2v) is 6.20. The molecule has 0 saturated carbocycles. The second kappa shape index (κ2) is 8.41. The number of carboxylic acids is 1. The quantitative estimate of drug-likeness (QED) is 0.606. The van der Waals surface area contributed by atoms with Crippen LogP contribution >= 0.6 is 11.6 Å². The summed E-state index contributed by atoms with van der Waals surface area (Å²) in [7, 11) is 0. The van der Waals surface area contributed by atoms with Gasteiger partial charge < -0.3 is 15.2 Å². The number of ether oxygens (including phenoxy) is 1. The maximum atomic E-state index is 13.1. The fraction of sp³-hybridized carbons (Fsp3) is 0.111. The number of nitrogens with one attached hydrogen (secondary N) is 1. The monoisotopic (exact) mass is 440 g/mol. The Morgan fingerprint density at radius 2 is 1.97 bits per heavy atom. The number of amides is 1. The Morgan fingerprint density at radius 3 is 2.63 bits per heavy atom. The number of hydrogen-bond donors (Lipinski definition) is 2. The molecule has 2 aromatic heterocycles. The zero-order chi connectivity index (χ0) is 21.9. The third-order valence-electron chi connectivity index (χ3n) is 3.72. The van der Waals surface area contributed by atoms with Crippen LogP contribution in [0.5, 0.6) is 5.88 Å². The minimum Gasteiger partial charge on any atom is -0.478 e. The SMILES string of the molecule is O=C(COc1cc(C(F)(F)F)nn1-c1ccccc1Cl)Nc1cnccc1C(=O)O. The van der Waals surface area contributed by atoms with Crippen molar-refractivity contribution in [1.29, 1.82) is 0 Å². The van der Waals surface area contributed by atoms with Gasteiger partial charge in [0.05, 0.1) is 28.2 Å². The number of rotatable bonds is 6. The number of alkyl halides is 3. The molecule has 0 unspecified atom stereocenters. The number of carbonyl (C=O) groups excluding carboxylic acids is 1. The zero-order valence-corrected chi connectivity index (χ0v) is 15.6. The Hall–Kier alpha value is -3.60. The highest BCUT2D eigenvalue weighted by atomic mass is 35.5. The lowest BCUT2D eigenvalue weighted by molar-refractivity contribution is -0.141. The summed E-state index contributed by atoms with van der Waals surface area (Å²) in [5.41, 5.74) is -1.42. The van der Waals surface area contributed by atoms with E-state index in [1.54, 1.807) is 12.1 Å². The topological polar surface area (TPSA) is 106 Å². The van der Waals surface area contributed by atoms with Crippen molar-refractivity contribution in [1.82, 2.24) is 14.8 Å². The van der Waals surface area contributed by atoms with Crippen molar-refractivity contribution < 1.29 is 32.6 Å². The summed E-state index contributed by atoms with van der Waals surface area (Å²) < 4.78 is 45.3. The Labute approximate surface area is 171 Å². The second-order valence-electron chi connectivity index (χ2n) is 5.79. The van der Waals surface area contributed by atoms with Crippen molar-refractivity contribution in [2.45, 2.75) is 6.18 Å². The van der Waals surface area contributed by atoms with Gasteiger partial charge in [0.25, 0.3) is 5.91 Å². The van der Waals surface area contributed by atoms with Gasteiger partial charge in [0.1, 0.15) is 0 Å². The molecule has 156 valence electrons. The smallest absolute Gasteiger partial charge is 0.435 e. The summed E-state index contributed by atoms with van der Waals surface area (Å²) in [6.45, 7) is -0.721. The lowest BCUT2D eigenvalue weighted by Gasteiger charge is -2.11. The average Bonchev–Trinajstić information content (AvgIpc) is 3.11. The standard InChI is InChI=1S/C18H12ClF3N4O4/c19-11-3-1-2-4-13(11)26-16(7-14(25-26)18(20,21)22)30-9-15(27)24-12-8-23-6-5-10(12)17(28)29/h1-8H,9H2,(H,24,27)(H,28,29). The molecule has 1 aromatic carbocycles. The summed E-state index contributed by atoms with van der Waals surface area (Å²) >= 11 is 6.03. The van der Waals surface area contributed by atoms with Crippen LogP contribution < -0.4 is 10.1 Å². The number of para-hydroxylation sites is 1. The third kappa shape index (κ3) is 4.69. The first kappa shape index (κ1) is 21.1. The van der Waals surface area contributed by atoms with E-state index in [2.05, 4.69) is 15.4 Å². The van der Waals surface area contributed by atoms with Crippen LogP contribution in [0.3, 0.4) is 0 Å². The molecule has 3 rings (SSSR count). The van der Waals surface area contributed by atoms with Crippen LogP contribution in [0.4, 0.5) is 18.9 Å². The molecule has 30 heavy (non-hydrogen) atoms. The van der Waals surface area contributed by atoms with E-state index in [0.717, 1.165) is 10.9 Å².